The predicted octanol–water partition coefficient (Wildman–Crippen LogP) is 1.46. The molecular weight excluding hydrogens is 250 g/mol. The van der Waals surface area contributed by atoms with Crippen LogP contribution in [-0.2, 0) is 4.79 Å². The van der Waals surface area contributed by atoms with Crippen molar-refractivity contribution in [3.05, 3.63) is 0 Å². The maximum Gasteiger partial charge on any atom is 0.236 e. The molecule has 0 aromatic rings. The monoisotopic (exact) mass is 279 g/mol. The van der Waals surface area contributed by atoms with Gasteiger partial charge in [-0.3, -0.25) is 9.69 Å². The minimum atomic E-state index is 0.375. The lowest BCUT2D eigenvalue weighted by Gasteiger charge is -2.33. The molecule has 4 heteroatoms. The zero-order valence-electron chi connectivity index (χ0n) is 12.6. The number of rotatable bonds is 5. The van der Waals surface area contributed by atoms with Gasteiger partial charge in [0.05, 0.1) is 6.54 Å². The maximum atomic E-state index is 12.5. The summed E-state index contributed by atoms with van der Waals surface area (Å²) in [5, 5.41) is 3.49. The van der Waals surface area contributed by atoms with Crippen molar-refractivity contribution in [2.24, 2.45) is 5.92 Å². The van der Waals surface area contributed by atoms with Crippen molar-refractivity contribution in [3.63, 3.8) is 0 Å². The number of hydrogen-bond acceptors (Lipinski definition) is 3. The van der Waals surface area contributed by atoms with Crippen molar-refractivity contribution < 1.29 is 4.79 Å². The Bertz CT molecular complexity index is 318. The highest BCUT2D eigenvalue weighted by molar-refractivity contribution is 5.78. The Hall–Kier alpha value is -0.610. The van der Waals surface area contributed by atoms with Gasteiger partial charge in [-0.25, -0.2) is 0 Å². The number of nitrogens with zero attached hydrogens (tertiary/aromatic N) is 2. The standard InChI is InChI=1S/C16H29N3O/c20-16(18-9-2-1-3-10-18)13-19(15-6-7-15)12-14-5-4-8-17-11-14/h14-15,17H,1-13H2. The van der Waals surface area contributed by atoms with Gasteiger partial charge in [-0.2, -0.15) is 0 Å². The first kappa shape index (κ1) is 14.3. The SMILES string of the molecule is O=C(CN(CC1CCCNC1)C1CC1)N1CCCCC1. The van der Waals surface area contributed by atoms with E-state index in [1.807, 2.05) is 0 Å². The van der Waals surface area contributed by atoms with E-state index in [4.69, 9.17) is 0 Å². The highest BCUT2D eigenvalue weighted by atomic mass is 16.2. The Morgan fingerprint density at radius 2 is 1.90 bits per heavy atom. The molecule has 2 heterocycles. The highest BCUT2D eigenvalue weighted by Crippen LogP contribution is 2.28. The van der Waals surface area contributed by atoms with E-state index in [0.717, 1.165) is 32.1 Å². The smallest absolute Gasteiger partial charge is 0.236 e. The van der Waals surface area contributed by atoms with Crippen LogP contribution in [0.3, 0.4) is 0 Å². The third kappa shape index (κ3) is 3.95. The van der Waals surface area contributed by atoms with Crippen LogP contribution in [0.4, 0.5) is 0 Å². The van der Waals surface area contributed by atoms with Crippen molar-refractivity contribution in [2.75, 3.05) is 39.3 Å². The molecule has 3 rings (SSSR count). The second-order valence-electron chi connectivity index (χ2n) is 6.81. The molecule has 2 aliphatic heterocycles. The summed E-state index contributed by atoms with van der Waals surface area (Å²) < 4.78 is 0. The lowest BCUT2D eigenvalue weighted by Crippen LogP contribution is -2.46. The molecule has 1 aliphatic carbocycles. The number of carbonyl (C=O) groups is 1. The minimum absolute atomic E-state index is 0.375. The molecule has 4 nitrogen and oxygen atoms in total. The first-order chi connectivity index (χ1) is 9.83. The zero-order chi connectivity index (χ0) is 13.8. The Kier molecular flexibility index (Phi) is 4.94. The third-order valence-corrected chi connectivity index (χ3v) is 5.00. The molecule has 1 amide bonds. The van der Waals surface area contributed by atoms with Crippen LogP contribution in [0.1, 0.15) is 44.9 Å². The van der Waals surface area contributed by atoms with Crippen molar-refractivity contribution in [3.8, 4) is 0 Å². The van der Waals surface area contributed by atoms with Crippen molar-refractivity contribution in [2.45, 2.75) is 51.0 Å². The zero-order valence-corrected chi connectivity index (χ0v) is 12.6. The first-order valence-electron chi connectivity index (χ1n) is 8.55. The molecule has 0 aromatic heterocycles. The molecular formula is C16H29N3O. The van der Waals surface area contributed by atoms with Crippen molar-refractivity contribution >= 4 is 5.91 Å². The number of hydrogen-bond donors (Lipinski definition) is 1. The molecule has 0 aromatic carbocycles. The fourth-order valence-electron chi connectivity index (χ4n) is 3.61. The van der Waals surface area contributed by atoms with Gasteiger partial charge >= 0.3 is 0 Å². The van der Waals surface area contributed by atoms with E-state index in [2.05, 4.69) is 15.1 Å². The largest absolute Gasteiger partial charge is 0.342 e. The first-order valence-corrected chi connectivity index (χ1v) is 8.55. The molecule has 0 spiro atoms. The maximum absolute atomic E-state index is 12.5. The number of carbonyl (C=O) groups excluding carboxylic acids is 1. The summed E-state index contributed by atoms with van der Waals surface area (Å²) in [6.45, 7) is 6.08. The molecule has 1 saturated carbocycles. The van der Waals surface area contributed by atoms with E-state index >= 15 is 0 Å². The van der Waals surface area contributed by atoms with E-state index in [9.17, 15) is 4.79 Å². The summed E-state index contributed by atoms with van der Waals surface area (Å²) in [6.07, 6.45) is 8.91. The Morgan fingerprint density at radius 3 is 2.55 bits per heavy atom. The van der Waals surface area contributed by atoms with E-state index in [-0.39, 0.29) is 0 Å². The Labute approximate surface area is 122 Å². The van der Waals surface area contributed by atoms with Crippen LogP contribution < -0.4 is 5.32 Å². The molecule has 20 heavy (non-hydrogen) atoms. The van der Waals surface area contributed by atoms with Crippen LogP contribution in [0.15, 0.2) is 0 Å². The van der Waals surface area contributed by atoms with Gasteiger partial charge in [0, 0.05) is 25.7 Å². The molecule has 3 aliphatic rings. The molecule has 0 radical (unpaired) electrons. The van der Waals surface area contributed by atoms with Gasteiger partial charge in [0.15, 0.2) is 0 Å². The van der Waals surface area contributed by atoms with E-state index < -0.39 is 0 Å². The fourth-order valence-corrected chi connectivity index (χ4v) is 3.61. The molecule has 114 valence electrons. The van der Waals surface area contributed by atoms with Gasteiger partial charge in [0.2, 0.25) is 5.91 Å². The number of nitrogens with one attached hydrogen (secondary N) is 1. The Balaban J connectivity index is 1.49. The summed E-state index contributed by atoms with van der Waals surface area (Å²) in [5.74, 6) is 1.12. The van der Waals surface area contributed by atoms with Crippen LogP contribution in [-0.4, -0.2) is 61.0 Å². The van der Waals surface area contributed by atoms with Gasteiger partial charge in [0.25, 0.3) is 0 Å². The number of amides is 1. The van der Waals surface area contributed by atoms with Crippen molar-refractivity contribution in [1.82, 2.24) is 15.1 Å². The van der Waals surface area contributed by atoms with Gasteiger partial charge < -0.3 is 10.2 Å². The summed E-state index contributed by atoms with van der Waals surface area (Å²) in [4.78, 5) is 17.0. The van der Waals surface area contributed by atoms with Crippen LogP contribution in [0, 0.1) is 5.92 Å². The van der Waals surface area contributed by atoms with Gasteiger partial charge in [-0.15, -0.1) is 0 Å². The normalized spacial score (nSPS) is 27.9. The number of piperidine rings is 2. The van der Waals surface area contributed by atoms with Gasteiger partial charge in [-0.1, -0.05) is 0 Å². The second-order valence-corrected chi connectivity index (χ2v) is 6.81. The van der Waals surface area contributed by atoms with Crippen LogP contribution in [0.25, 0.3) is 0 Å². The quantitative estimate of drug-likeness (QED) is 0.827. The van der Waals surface area contributed by atoms with Gasteiger partial charge in [-0.05, 0) is 64.0 Å². The average Bonchev–Trinajstić information content (AvgIpc) is 3.33. The van der Waals surface area contributed by atoms with Crippen LogP contribution >= 0.6 is 0 Å². The second kappa shape index (κ2) is 6.90. The fraction of sp³-hybridized carbons (Fsp3) is 0.938. The molecule has 1 unspecified atom stereocenters. The van der Waals surface area contributed by atoms with E-state index in [1.54, 1.807) is 0 Å². The predicted molar refractivity (Wildman–Crippen MR) is 80.6 cm³/mol. The number of likely N-dealkylation sites (tertiary alicyclic amines) is 1. The lowest BCUT2D eigenvalue weighted by molar-refractivity contribution is -0.133. The molecule has 1 atom stereocenters. The van der Waals surface area contributed by atoms with Crippen molar-refractivity contribution in [1.29, 1.82) is 0 Å². The molecule has 2 saturated heterocycles. The molecule has 3 fully saturated rings. The summed E-state index contributed by atoms with van der Waals surface area (Å²) in [5.41, 5.74) is 0. The van der Waals surface area contributed by atoms with Crippen LogP contribution in [0.5, 0.6) is 0 Å². The van der Waals surface area contributed by atoms with E-state index in [1.165, 1.54) is 51.5 Å². The summed E-state index contributed by atoms with van der Waals surface area (Å²) in [7, 11) is 0. The summed E-state index contributed by atoms with van der Waals surface area (Å²) in [6, 6.07) is 0.700. The minimum Gasteiger partial charge on any atom is -0.342 e. The average molecular weight is 279 g/mol. The van der Waals surface area contributed by atoms with Gasteiger partial charge in [0.1, 0.15) is 0 Å². The topological polar surface area (TPSA) is 35.6 Å². The highest BCUT2D eigenvalue weighted by Gasteiger charge is 2.33. The molecule has 0 bridgehead atoms. The summed E-state index contributed by atoms with van der Waals surface area (Å²) >= 11 is 0. The Morgan fingerprint density at radius 1 is 1.10 bits per heavy atom. The van der Waals surface area contributed by atoms with Crippen LogP contribution in [0.2, 0.25) is 0 Å². The lowest BCUT2D eigenvalue weighted by atomic mass is 9.99. The third-order valence-electron chi connectivity index (χ3n) is 5.00. The van der Waals surface area contributed by atoms with E-state index in [0.29, 0.717) is 18.5 Å². The molecule has 1 N–H and O–H groups in total.